The minimum Gasteiger partial charge on any atom is -0.484 e. The number of aromatic nitrogens is 2. The minimum absolute atomic E-state index is 0.0240. The number of aliphatic hydroxyl groups is 1. The van der Waals surface area contributed by atoms with Gasteiger partial charge in [-0.3, -0.25) is 14.6 Å². The number of aliphatic hydroxyl groups excluding tert-OH is 1. The third kappa shape index (κ3) is 4.54. The lowest BCUT2D eigenvalue weighted by molar-refractivity contribution is -0.129. The first-order valence-corrected chi connectivity index (χ1v) is 10.8. The molecule has 2 aromatic rings. The summed E-state index contributed by atoms with van der Waals surface area (Å²) in [5, 5.41) is 16.8. The van der Waals surface area contributed by atoms with E-state index >= 15 is 0 Å². The fraction of sp³-hybridized carbons (Fsp3) is 0.455. The molecule has 2 bridgehead atoms. The Morgan fingerprint density at radius 3 is 2.66 bits per heavy atom. The van der Waals surface area contributed by atoms with Crippen molar-refractivity contribution < 1.29 is 23.8 Å². The molecule has 0 radical (unpaired) electrons. The predicted molar refractivity (Wildman–Crippen MR) is 114 cm³/mol. The van der Waals surface area contributed by atoms with Crippen molar-refractivity contribution in [2.45, 2.75) is 56.2 Å². The van der Waals surface area contributed by atoms with Gasteiger partial charge in [-0.1, -0.05) is 11.6 Å². The number of aryl methyl sites for hydroxylation is 1. The fourth-order valence-corrected chi connectivity index (χ4v) is 4.69. The molecular formula is C22H24ClFN4O4. The number of fused-ring (bicyclic) bond motifs is 3. The molecular weight excluding hydrogens is 439 g/mol. The molecule has 0 saturated heterocycles. The molecule has 1 atom stereocenters. The number of amides is 2. The lowest BCUT2D eigenvalue weighted by Crippen LogP contribution is -2.70. The topological polar surface area (TPSA) is 113 Å². The van der Waals surface area contributed by atoms with Crippen LogP contribution in [-0.2, 0) is 4.79 Å². The van der Waals surface area contributed by atoms with Gasteiger partial charge in [-0.05, 0) is 51.2 Å². The van der Waals surface area contributed by atoms with Crippen LogP contribution in [0.4, 0.5) is 4.39 Å². The summed E-state index contributed by atoms with van der Waals surface area (Å²) in [7, 11) is 0. The molecule has 0 unspecified atom stereocenters. The Balaban J connectivity index is 1.35. The maximum absolute atomic E-state index is 13.5. The van der Waals surface area contributed by atoms with Gasteiger partial charge in [0.1, 0.15) is 17.3 Å². The summed E-state index contributed by atoms with van der Waals surface area (Å²) < 4.78 is 18.9. The van der Waals surface area contributed by atoms with Gasteiger partial charge in [0.15, 0.2) is 6.61 Å². The van der Waals surface area contributed by atoms with Gasteiger partial charge in [0.2, 0.25) is 0 Å². The first-order chi connectivity index (χ1) is 15.2. The van der Waals surface area contributed by atoms with Crippen molar-refractivity contribution in [2.24, 2.45) is 0 Å². The van der Waals surface area contributed by atoms with Crippen molar-refractivity contribution in [3.8, 4) is 5.75 Å². The molecule has 0 spiro atoms. The van der Waals surface area contributed by atoms with Crippen molar-refractivity contribution in [3.05, 3.63) is 52.8 Å². The Kier molecular flexibility index (Phi) is 6.05. The molecule has 1 aromatic carbocycles. The number of carbonyl (C=O) groups excluding carboxylic acids is 2. The second kappa shape index (κ2) is 8.63. The number of nitrogens with one attached hydrogen (secondary N) is 2. The average molecular weight is 463 g/mol. The van der Waals surface area contributed by atoms with Gasteiger partial charge in [0.25, 0.3) is 11.8 Å². The lowest BCUT2D eigenvalue weighted by atomic mass is 9.60. The Morgan fingerprint density at radius 2 is 2.00 bits per heavy atom. The molecule has 5 rings (SSSR count). The highest BCUT2D eigenvalue weighted by molar-refractivity contribution is 6.30. The summed E-state index contributed by atoms with van der Waals surface area (Å²) in [6, 6.07) is 3.96. The van der Waals surface area contributed by atoms with Crippen LogP contribution in [0.25, 0.3) is 0 Å². The largest absolute Gasteiger partial charge is 0.484 e. The van der Waals surface area contributed by atoms with Gasteiger partial charge in [0, 0.05) is 17.8 Å². The number of hydrogen-bond donors (Lipinski definition) is 3. The highest BCUT2D eigenvalue weighted by Crippen LogP contribution is 2.47. The minimum atomic E-state index is -0.821. The zero-order valence-corrected chi connectivity index (χ0v) is 18.3. The van der Waals surface area contributed by atoms with Gasteiger partial charge in [-0.25, -0.2) is 9.37 Å². The van der Waals surface area contributed by atoms with Crippen LogP contribution in [0.1, 0.15) is 48.3 Å². The standard InChI is InChI=1S/C22H24ClFN4O4/c1-13-10-25-11-17(26-13)20(31)28-22-6-4-21(5-7-22,9-18(22)29)27-19(30)12-32-14-2-3-15(23)16(24)8-14/h2-3,8,10-11,18,29H,4-7,9,12H2,1H3,(H,27,30)(H,28,31)/t18-,21?,22?/m1/s1. The monoisotopic (exact) mass is 462 g/mol. The van der Waals surface area contributed by atoms with Crippen LogP contribution in [0, 0.1) is 12.7 Å². The van der Waals surface area contributed by atoms with Gasteiger partial charge in [-0.2, -0.15) is 0 Å². The maximum atomic E-state index is 13.5. The van der Waals surface area contributed by atoms with E-state index in [9.17, 15) is 19.1 Å². The summed E-state index contributed by atoms with van der Waals surface area (Å²) in [6.45, 7) is 1.47. The van der Waals surface area contributed by atoms with Gasteiger partial charge in [-0.15, -0.1) is 0 Å². The van der Waals surface area contributed by atoms with Crippen LogP contribution in [0.3, 0.4) is 0 Å². The van der Waals surface area contributed by atoms with E-state index in [4.69, 9.17) is 16.3 Å². The number of nitrogens with zero attached hydrogens (tertiary/aromatic N) is 2. The van der Waals surface area contributed by atoms with E-state index in [1.807, 2.05) is 0 Å². The molecule has 170 valence electrons. The second-order valence-corrected chi connectivity index (χ2v) is 8.98. The van der Waals surface area contributed by atoms with Crippen molar-refractivity contribution in [2.75, 3.05) is 6.61 Å². The third-order valence-corrected chi connectivity index (χ3v) is 6.64. The van der Waals surface area contributed by atoms with E-state index in [-0.39, 0.29) is 34.9 Å². The molecule has 1 heterocycles. The first kappa shape index (κ1) is 22.4. The van der Waals surface area contributed by atoms with Crippen LogP contribution in [-0.4, -0.2) is 50.7 Å². The highest BCUT2D eigenvalue weighted by atomic mass is 35.5. The van der Waals surface area contributed by atoms with Gasteiger partial charge < -0.3 is 20.5 Å². The number of rotatable bonds is 6. The van der Waals surface area contributed by atoms with E-state index in [0.29, 0.717) is 37.8 Å². The van der Waals surface area contributed by atoms with Crippen LogP contribution in [0.5, 0.6) is 5.75 Å². The lowest BCUT2D eigenvalue weighted by Gasteiger charge is -2.56. The summed E-state index contributed by atoms with van der Waals surface area (Å²) in [6.07, 6.45) is 4.69. The normalized spacial score (nSPS) is 26.4. The van der Waals surface area contributed by atoms with Crippen molar-refractivity contribution in [3.63, 3.8) is 0 Å². The van der Waals surface area contributed by atoms with E-state index in [1.54, 1.807) is 13.1 Å². The smallest absolute Gasteiger partial charge is 0.272 e. The Bertz CT molecular complexity index is 1040. The quantitative estimate of drug-likeness (QED) is 0.607. The van der Waals surface area contributed by atoms with Crippen molar-refractivity contribution in [1.82, 2.24) is 20.6 Å². The molecule has 3 N–H and O–H groups in total. The van der Waals surface area contributed by atoms with Crippen molar-refractivity contribution >= 4 is 23.4 Å². The molecule has 32 heavy (non-hydrogen) atoms. The second-order valence-electron chi connectivity index (χ2n) is 8.57. The van der Waals surface area contributed by atoms with Crippen LogP contribution < -0.4 is 15.4 Å². The zero-order chi connectivity index (χ0) is 22.9. The summed E-state index contributed by atoms with van der Waals surface area (Å²) in [5.41, 5.74) is -0.487. The number of benzene rings is 1. The fourth-order valence-electron chi connectivity index (χ4n) is 4.57. The maximum Gasteiger partial charge on any atom is 0.272 e. The Morgan fingerprint density at radius 1 is 1.25 bits per heavy atom. The van der Waals surface area contributed by atoms with Crippen LogP contribution in [0.15, 0.2) is 30.6 Å². The van der Waals surface area contributed by atoms with E-state index in [0.717, 1.165) is 6.07 Å². The molecule has 8 nitrogen and oxygen atoms in total. The average Bonchev–Trinajstić information content (AvgIpc) is 2.76. The Hall–Kier alpha value is -2.78. The molecule has 3 fully saturated rings. The highest BCUT2D eigenvalue weighted by Gasteiger charge is 2.55. The summed E-state index contributed by atoms with van der Waals surface area (Å²) >= 11 is 5.65. The third-order valence-electron chi connectivity index (χ3n) is 6.34. The van der Waals surface area contributed by atoms with E-state index in [1.165, 1.54) is 18.3 Å². The first-order valence-electron chi connectivity index (χ1n) is 10.4. The van der Waals surface area contributed by atoms with Gasteiger partial charge >= 0.3 is 0 Å². The van der Waals surface area contributed by atoms with Crippen molar-refractivity contribution in [1.29, 1.82) is 0 Å². The molecule has 3 saturated carbocycles. The molecule has 3 aliphatic carbocycles. The number of halogens is 2. The summed E-state index contributed by atoms with van der Waals surface area (Å²) in [4.78, 5) is 33.3. The van der Waals surface area contributed by atoms with Crippen LogP contribution >= 0.6 is 11.6 Å². The van der Waals surface area contributed by atoms with Crippen LogP contribution in [0.2, 0.25) is 5.02 Å². The summed E-state index contributed by atoms with van der Waals surface area (Å²) in [5.74, 6) is -1.16. The molecule has 1 aromatic heterocycles. The molecule has 0 aliphatic heterocycles. The predicted octanol–water partition coefficient (Wildman–Crippen LogP) is 2.32. The number of ether oxygens (including phenoxy) is 1. The number of hydrogen-bond acceptors (Lipinski definition) is 6. The zero-order valence-electron chi connectivity index (χ0n) is 17.5. The van der Waals surface area contributed by atoms with Gasteiger partial charge in [0.05, 0.1) is 28.6 Å². The number of carbonyl (C=O) groups is 2. The Labute approximate surface area is 189 Å². The molecule has 3 aliphatic rings. The SMILES string of the molecule is Cc1cncc(C(=O)NC23CCC(NC(=O)COc4ccc(Cl)c(F)c4)(CC2)C[C@H]3O)n1. The molecule has 10 heteroatoms. The molecule has 2 amide bonds. The van der Waals surface area contributed by atoms with E-state index < -0.39 is 23.0 Å². The van der Waals surface area contributed by atoms with E-state index in [2.05, 4.69) is 20.6 Å².